The summed E-state index contributed by atoms with van der Waals surface area (Å²) < 4.78 is 113. The summed E-state index contributed by atoms with van der Waals surface area (Å²) in [6, 6.07) is 14.8. The Balaban J connectivity index is 1.46. The Kier molecular flexibility index (Phi) is 8.52. The number of alkyl halides is 6. The van der Waals surface area contributed by atoms with Crippen molar-refractivity contribution in [2.75, 3.05) is 30.9 Å². The summed E-state index contributed by atoms with van der Waals surface area (Å²) in [6.45, 7) is 0.356. The standard InChI is InChI=1S/C27H24F6N2O5S/c1-41(37,38)22-15-19(7-8-20(22)18-5-3-2-4-6-18)39-16-17-11-13-35(14-12-17)24-21(40-25(36)27(31,32)33)9-10-23(34-24)26(28,29)30/h2-10,15,17H,11-14,16H2,1H3. The van der Waals surface area contributed by atoms with Gasteiger partial charge in [-0.25, -0.2) is 18.2 Å². The fraction of sp³-hybridized carbons (Fsp3) is 0.333. The Hall–Kier alpha value is -3.81. The van der Waals surface area contributed by atoms with Gasteiger partial charge in [0.15, 0.2) is 21.4 Å². The molecule has 0 N–H and O–H groups in total. The number of esters is 1. The molecular weight excluding hydrogens is 578 g/mol. The van der Waals surface area contributed by atoms with Gasteiger partial charge in [0.25, 0.3) is 0 Å². The van der Waals surface area contributed by atoms with Crippen LogP contribution >= 0.6 is 0 Å². The van der Waals surface area contributed by atoms with Crippen molar-refractivity contribution in [3.63, 3.8) is 0 Å². The molecule has 0 unspecified atom stereocenters. The zero-order valence-electron chi connectivity index (χ0n) is 21.5. The molecule has 0 amide bonds. The smallest absolute Gasteiger partial charge is 0.491 e. The average molecular weight is 603 g/mol. The average Bonchev–Trinajstić information content (AvgIpc) is 2.91. The van der Waals surface area contributed by atoms with Crippen LogP contribution in [0.4, 0.5) is 32.2 Å². The van der Waals surface area contributed by atoms with E-state index in [0.29, 0.717) is 36.3 Å². The summed E-state index contributed by atoms with van der Waals surface area (Å²) in [4.78, 5) is 16.2. The first kappa shape index (κ1) is 30.2. The van der Waals surface area contributed by atoms with E-state index < -0.39 is 45.4 Å². The normalized spacial score (nSPS) is 15.0. The van der Waals surface area contributed by atoms with E-state index in [-0.39, 0.29) is 30.5 Å². The number of anilines is 1. The molecule has 1 aliphatic heterocycles. The molecule has 3 aromatic rings. The van der Waals surface area contributed by atoms with Crippen LogP contribution in [-0.2, 0) is 20.8 Å². The molecule has 0 bridgehead atoms. The third-order valence-electron chi connectivity index (χ3n) is 6.40. The molecule has 0 atom stereocenters. The molecule has 0 aliphatic carbocycles. The van der Waals surface area contributed by atoms with Gasteiger partial charge in [-0.15, -0.1) is 0 Å². The van der Waals surface area contributed by atoms with Gasteiger partial charge in [-0.3, -0.25) is 0 Å². The van der Waals surface area contributed by atoms with Crippen LogP contribution in [0.15, 0.2) is 65.6 Å². The molecule has 1 aliphatic rings. The minimum absolute atomic E-state index is 0.0903. The first-order chi connectivity index (χ1) is 19.1. The third kappa shape index (κ3) is 7.48. The van der Waals surface area contributed by atoms with Crippen molar-refractivity contribution in [2.45, 2.75) is 30.1 Å². The highest BCUT2D eigenvalue weighted by Gasteiger charge is 2.42. The number of piperidine rings is 1. The predicted octanol–water partition coefficient (Wildman–Crippen LogP) is 5.93. The second kappa shape index (κ2) is 11.6. The van der Waals surface area contributed by atoms with Crippen LogP contribution in [0.25, 0.3) is 11.1 Å². The maximum absolute atomic E-state index is 13.2. The van der Waals surface area contributed by atoms with Crippen molar-refractivity contribution in [1.29, 1.82) is 0 Å². The fourth-order valence-corrected chi connectivity index (χ4v) is 5.25. The monoisotopic (exact) mass is 602 g/mol. The van der Waals surface area contributed by atoms with Crippen molar-refractivity contribution in [3.05, 3.63) is 66.4 Å². The van der Waals surface area contributed by atoms with Crippen LogP contribution in [0.5, 0.6) is 11.5 Å². The molecule has 0 saturated carbocycles. The van der Waals surface area contributed by atoms with Crippen LogP contribution in [-0.4, -0.2) is 51.5 Å². The van der Waals surface area contributed by atoms with E-state index in [4.69, 9.17) is 4.74 Å². The van der Waals surface area contributed by atoms with Gasteiger partial charge in [-0.2, -0.15) is 26.3 Å². The minimum atomic E-state index is -5.35. The summed E-state index contributed by atoms with van der Waals surface area (Å²) in [5.74, 6) is -3.62. The first-order valence-corrected chi connectivity index (χ1v) is 14.2. The van der Waals surface area contributed by atoms with Crippen LogP contribution in [0.2, 0.25) is 0 Å². The van der Waals surface area contributed by atoms with Gasteiger partial charge in [0.05, 0.1) is 11.5 Å². The minimum Gasteiger partial charge on any atom is -0.493 e. The fourth-order valence-electron chi connectivity index (χ4n) is 4.34. The number of halogens is 6. The zero-order valence-corrected chi connectivity index (χ0v) is 22.3. The van der Waals surface area contributed by atoms with Crippen molar-refractivity contribution >= 4 is 21.6 Å². The molecule has 41 heavy (non-hydrogen) atoms. The molecule has 7 nitrogen and oxygen atoms in total. The van der Waals surface area contributed by atoms with Crippen LogP contribution in [0.3, 0.4) is 0 Å². The van der Waals surface area contributed by atoms with Crippen molar-refractivity contribution in [2.24, 2.45) is 5.92 Å². The molecular formula is C27H24F6N2O5S. The maximum Gasteiger partial charge on any atom is 0.491 e. The highest BCUT2D eigenvalue weighted by molar-refractivity contribution is 7.90. The molecule has 14 heteroatoms. The molecule has 0 spiro atoms. The van der Waals surface area contributed by atoms with Gasteiger partial charge < -0.3 is 14.4 Å². The van der Waals surface area contributed by atoms with Crippen LogP contribution < -0.4 is 14.4 Å². The highest BCUT2D eigenvalue weighted by Crippen LogP contribution is 2.37. The molecule has 2 heterocycles. The number of aromatic nitrogens is 1. The topological polar surface area (TPSA) is 85.8 Å². The zero-order chi connectivity index (χ0) is 30.0. The largest absolute Gasteiger partial charge is 0.493 e. The Morgan fingerprint density at radius 2 is 1.63 bits per heavy atom. The number of pyridine rings is 1. The Morgan fingerprint density at radius 1 is 0.976 bits per heavy atom. The van der Waals surface area contributed by atoms with E-state index in [2.05, 4.69) is 9.72 Å². The van der Waals surface area contributed by atoms with Crippen LogP contribution in [0, 0.1) is 5.92 Å². The number of sulfone groups is 1. The maximum atomic E-state index is 13.2. The van der Waals surface area contributed by atoms with Gasteiger partial charge in [0, 0.05) is 24.9 Å². The number of benzene rings is 2. The van der Waals surface area contributed by atoms with E-state index in [1.54, 1.807) is 36.4 Å². The summed E-state index contributed by atoms with van der Waals surface area (Å²) in [5, 5.41) is 0. The molecule has 1 saturated heterocycles. The van der Waals surface area contributed by atoms with Crippen molar-refractivity contribution in [1.82, 2.24) is 4.98 Å². The molecule has 4 rings (SSSR count). The predicted molar refractivity (Wildman–Crippen MR) is 136 cm³/mol. The molecule has 220 valence electrons. The lowest BCUT2D eigenvalue weighted by molar-refractivity contribution is -0.189. The number of carbonyl (C=O) groups is 1. The quantitative estimate of drug-likeness (QED) is 0.245. The molecule has 1 aromatic heterocycles. The number of carbonyl (C=O) groups excluding carboxylic acids is 1. The van der Waals surface area contributed by atoms with Gasteiger partial charge in [-0.1, -0.05) is 30.3 Å². The van der Waals surface area contributed by atoms with Gasteiger partial charge in [0.1, 0.15) is 11.4 Å². The van der Waals surface area contributed by atoms with E-state index in [1.165, 1.54) is 11.0 Å². The van der Waals surface area contributed by atoms with Crippen molar-refractivity contribution in [3.8, 4) is 22.6 Å². The Bertz CT molecular complexity index is 1500. The Morgan fingerprint density at radius 3 is 2.22 bits per heavy atom. The number of ether oxygens (including phenoxy) is 2. The summed E-state index contributed by atoms with van der Waals surface area (Å²) >= 11 is 0. The van der Waals surface area contributed by atoms with Crippen LogP contribution in [0.1, 0.15) is 18.5 Å². The lowest BCUT2D eigenvalue weighted by Gasteiger charge is -2.33. The highest BCUT2D eigenvalue weighted by atomic mass is 32.2. The second-order valence-corrected chi connectivity index (χ2v) is 11.4. The summed E-state index contributed by atoms with van der Waals surface area (Å²) in [6.07, 6.45) is -8.39. The lowest BCUT2D eigenvalue weighted by Crippen LogP contribution is -2.37. The number of hydrogen-bond acceptors (Lipinski definition) is 7. The Labute approximate surface area is 231 Å². The van der Waals surface area contributed by atoms with E-state index in [1.807, 2.05) is 6.07 Å². The van der Waals surface area contributed by atoms with E-state index in [9.17, 15) is 39.6 Å². The van der Waals surface area contributed by atoms with Gasteiger partial charge >= 0.3 is 18.3 Å². The van der Waals surface area contributed by atoms with Gasteiger partial charge in [-0.05, 0) is 54.7 Å². The summed E-state index contributed by atoms with van der Waals surface area (Å²) in [5.41, 5.74) is -0.106. The SMILES string of the molecule is CS(=O)(=O)c1cc(OCC2CCN(c3nc(C(F)(F)F)ccc3OC(=O)C(F)(F)F)CC2)ccc1-c1ccccc1. The van der Waals surface area contributed by atoms with Crippen molar-refractivity contribution < 1.29 is 49.0 Å². The lowest BCUT2D eigenvalue weighted by atomic mass is 9.97. The second-order valence-electron chi connectivity index (χ2n) is 9.44. The number of nitrogens with zero attached hydrogens (tertiary/aromatic N) is 2. The summed E-state index contributed by atoms with van der Waals surface area (Å²) in [7, 11) is -3.60. The first-order valence-electron chi connectivity index (χ1n) is 12.3. The number of hydrogen-bond donors (Lipinski definition) is 0. The van der Waals surface area contributed by atoms with Gasteiger partial charge in [0.2, 0.25) is 0 Å². The van der Waals surface area contributed by atoms with E-state index in [0.717, 1.165) is 11.8 Å². The molecule has 2 aromatic carbocycles. The molecule has 0 radical (unpaired) electrons. The van der Waals surface area contributed by atoms with E-state index >= 15 is 0 Å². The molecule has 1 fully saturated rings. The number of rotatable bonds is 7. The third-order valence-corrected chi connectivity index (χ3v) is 7.54.